The van der Waals surface area contributed by atoms with E-state index in [1.165, 1.54) is 0 Å². The molecule has 98 valence electrons. The predicted molar refractivity (Wildman–Crippen MR) is 73.6 cm³/mol. The molecule has 0 bridgehead atoms. The molecule has 0 unspecified atom stereocenters. The summed E-state index contributed by atoms with van der Waals surface area (Å²) in [6.45, 7) is 1.28. The number of halogens is 1. The standard InChI is InChI=1S/C14H19ClN2O/c15-13-6-2-1-4-11(13)10-12-5-3-9-17(12)14(18)7-8-16/h1-2,4,6,12H,3,5,7-10,16H2/t12-/m0/s1. The highest BCUT2D eigenvalue weighted by Crippen LogP contribution is 2.25. The first kappa shape index (κ1) is 13.4. The fourth-order valence-corrected chi connectivity index (χ4v) is 2.77. The summed E-state index contributed by atoms with van der Waals surface area (Å²) in [4.78, 5) is 13.9. The summed E-state index contributed by atoms with van der Waals surface area (Å²) in [6.07, 6.45) is 3.42. The van der Waals surface area contributed by atoms with Crippen molar-refractivity contribution in [1.29, 1.82) is 0 Å². The van der Waals surface area contributed by atoms with E-state index in [0.29, 0.717) is 13.0 Å². The van der Waals surface area contributed by atoms with Gasteiger partial charge in [0.1, 0.15) is 0 Å². The maximum Gasteiger partial charge on any atom is 0.224 e. The zero-order valence-corrected chi connectivity index (χ0v) is 11.2. The molecule has 1 fully saturated rings. The van der Waals surface area contributed by atoms with E-state index in [9.17, 15) is 4.79 Å². The number of nitrogens with two attached hydrogens (primary N) is 1. The van der Waals surface area contributed by atoms with Crippen LogP contribution >= 0.6 is 11.6 Å². The number of hydrogen-bond donors (Lipinski definition) is 1. The normalized spacial score (nSPS) is 19.2. The fourth-order valence-electron chi connectivity index (χ4n) is 2.56. The summed E-state index contributed by atoms with van der Waals surface area (Å²) < 4.78 is 0. The number of amides is 1. The SMILES string of the molecule is NCCC(=O)N1CCC[C@H]1Cc1ccccc1Cl. The van der Waals surface area contributed by atoms with Gasteiger partial charge in [-0.3, -0.25) is 4.79 Å². The lowest BCUT2D eigenvalue weighted by Gasteiger charge is -2.25. The third-order valence-electron chi connectivity index (χ3n) is 3.47. The lowest BCUT2D eigenvalue weighted by atomic mass is 10.0. The molecular weight excluding hydrogens is 248 g/mol. The minimum atomic E-state index is 0.173. The molecule has 1 saturated heterocycles. The molecular formula is C14H19ClN2O. The molecule has 1 aliphatic heterocycles. The maximum atomic E-state index is 11.9. The third kappa shape index (κ3) is 3.03. The fraction of sp³-hybridized carbons (Fsp3) is 0.500. The van der Waals surface area contributed by atoms with Crippen molar-refractivity contribution < 1.29 is 4.79 Å². The summed E-state index contributed by atoms with van der Waals surface area (Å²) in [7, 11) is 0. The summed E-state index contributed by atoms with van der Waals surface area (Å²) >= 11 is 6.17. The van der Waals surface area contributed by atoms with Gasteiger partial charge in [-0.25, -0.2) is 0 Å². The Balaban J connectivity index is 2.04. The monoisotopic (exact) mass is 266 g/mol. The zero-order chi connectivity index (χ0) is 13.0. The number of nitrogens with zero attached hydrogens (tertiary/aromatic N) is 1. The van der Waals surface area contributed by atoms with Crippen LogP contribution in [-0.2, 0) is 11.2 Å². The minimum Gasteiger partial charge on any atom is -0.339 e. The first-order valence-corrected chi connectivity index (χ1v) is 6.83. The molecule has 2 N–H and O–H groups in total. The molecule has 4 heteroatoms. The lowest BCUT2D eigenvalue weighted by Crippen LogP contribution is -2.37. The van der Waals surface area contributed by atoms with Crippen molar-refractivity contribution in [1.82, 2.24) is 4.90 Å². The topological polar surface area (TPSA) is 46.3 Å². The molecule has 0 spiro atoms. The van der Waals surface area contributed by atoms with Gasteiger partial charge in [0.15, 0.2) is 0 Å². The highest BCUT2D eigenvalue weighted by Gasteiger charge is 2.28. The van der Waals surface area contributed by atoms with Crippen LogP contribution in [-0.4, -0.2) is 29.9 Å². The van der Waals surface area contributed by atoms with Gasteiger partial charge in [0.05, 0.1) is 0 Å². The van der Waals surface area contributed by atoms with Crippen molar-refractivity contribution in [3.05, 3.63) is 34.9 Å². The van der Waals surface area contributed by atoms with E-state index in [0.717, 1.165) is 36.4 Å². The van der Waals surface area contributed by atoms with E-state index in [2.05, 4.69) is 0 Å². The molecule has 1 aromatic rings. The Hall–Kier alpha value is -1.06. The lowest BCUT2D eigenvalue weighted by molar-refractivity contribution is -0.131. The van der Waals surface area contributed by atoms with E-state index in [4.69, 9.17) is 17.3 Å². The molecule has 3 nitrogen and oxygen atoms in total. The number of rotatable bonds is 4. The summed E-state index contributed by atoms with van der Waals surface area (Å²) in [5.41, 5.74) is 6.57. The van der Waals surface area contributed by atoms with Crippen molar-refractivity contribution >= 4 is 17.5 Å². The van der Waals surface area contributed by atoms with Crippen LogP contribution in [0.3, 0.4) is 0 Å². The van der Waals surface area contributed by atoms with Crippen molar-refractivity contribution in [2.45, 2.75) is 31.7 Å². The van der Waals surface area contributed by atoms with E-state index in [1.54, 1.807) is 0 Å². The zero-order valence-electron chi connectivity index (χ0n) is 10.4. The molecule has 1 amide bonds. The highest BCUT2D eigenvalue weighted by atomic mass is 35.5. The van der Waals surface area contributed by atoms with E-state index >= 15 is 0 Å². The van der Waals surface area contributed by atoms with Crippen molar-refractivity contribution in [2.75, 3.05) is 13.1 Å². The van der Waals surface area contributed by atoms with Crippen LogP contribution in [0.15, 0.2) is 24.3 Å². The molecule has 0 saturated carbocycles. The Morgan fingerprint density at radius 3 is 2.94 bits per heavy atom. The van der Waals surface area contributed by atoms with Crippen molar-refractivity contribution in [2.24, 2.45) is 5.73 Å². The van der Waals surface area contributed by atoms with Crippen LogP contribution in [0.2, 0.25) is 5.02 Å². The second-order valence-electron chi connectivity index (χ2n) is 4.72. The van der Waals surface area contributed by atoms with Gasteiger partial charge in [-0.05, 0) is 30.9 Å². The molecule has 18 heavy (non-hydrogen) atoms. The van der Waals surface area contributed by atoms with E-state index < -0.39 is 0 Å². The van der Waals surface area contributed by atoms with Crippen LogP contribution in [0.1, 0.15) is 24.8 Å². The Labute approximate surface area is 113 Å². The van der Waals surface area contributed by atoms with Gasteiger partial charge in [-0.2, -0.15) is 0 Å². The van der Waals surface area contributed by atoms with Crippen LogP contribution in [0.5, 0.6) is 0 Å². The van der Waals surface area contributed by atoms with Gasteiger partial charge in [-0.1, -0.05) is 29.8 Å². The number of carbonyl (C=O) groups is 1. The highest BCUT2D eigenvalue weighted by molar-refractivity contribution is 6.31. The summed E-state index contributed by atoms with van der Waals surface area (Å²) in [6, 6.07) is 8.13. The largest absolute Gasteiger partial charge is 0.339 e. The molecule has 2 rings (SSSR count). The molecule has 1 aliphatic rings. The van der Waals surface area contributed by atoms with Crippen LogP contribution < -0.4 is 5.73 Å². The average Bonchev–Trinajstić information content (AvgIpc) is 2.81. The van der Waals surface area contributed by atoms with Gasteiger partial charge in [0, 0.05) is 30.6 Å². The second kappa shape index (κ2) is 6.21. The van der Waals surface area contributed by atoms with Gasteiger partial charge >= 0.3 is 0 Å². The van der Waals surface area contributed by atoms with E-state index in [-0.39, 0.29) is 11.9 Å². The number of carbonyl (C=O) groups excluding carboxylic acids is 1. The number of hydrogen-bond acceptors (Lipinski definition) is 2. The molecule has 1 atom stereocenters. The predicted octanol–water partition coefficient (Wildman–Crippen LogP) is 2.22. The minimum absolute atomic E-state index is 0.173. The molecule has 1 heterocycles. The summed E-state index contributed by atoms with van der Waals surface area (Å²) in [5.74, 6) is 0.173. The summed E-state index contributed by atoms with van der Waals surface area (Å²) in [5, 5.41) is 0.788. The smallest absolute Gasteiger partial charge is 0.224 e. The number of benzene rings is 1. The Bertz CT molecular complexity index is 422. The second-order valence-corrected chi connectivity index (χ2v) is 5.12. The maximum absolute atomic E-state index is 11.9. The third-order valence-corrected chi connectivity index (χ3v) is 3.84. The van der Waals surface area contributed by atoms with Gasteiger partial charge in [-0.15, -0.1) is 0 Å². The first-order chi connectivity index (χ1) is 8.72. The molecule has 0 radical (unpaired) electrons. The average molecular weight is 267 g/mol. The Morgan fingerprint density at radius 1 is 1.44 bits per heavy atom. The molecule has 0 aromatic heterocycles. The van der Waals surface area contributed by atoms with Crippen molar-refractivity contribution in [3.8, 4) is 0 Å². The Kier molecular flexibility index (Phi) is 4.61. The van der Waals surface area contributed by atoms with Gasteiger partial charge in [0.2, 0.25) is 5.91 Å². The molecule has 1 aromatic carbocycles. The van der Waals surface area contributed by atoms with E-state index in [1.807, 2.05) is 29.2 Å². The van der Waals surface area contributed by atoms with Crippen LogP contribution in [0.25, 0.3) is 0 Å². The quantitative estimate of drug-likeness (QED) is 0.908. The Morgan fingerprint density at radius 2 is 2.22 bits per heavy atom. The van der Waals surface area contributed by atoms with Gasteiger partial charge < -0.3 is 10.6 Å². The molecule has 0 aliphatic carbocycles. The van der Waals surface area contributed by atoms with Crippen LogP contribution in [0.4, 0.5) is 0 Å². The van der Waals surface area contributed by atoms with Gasteiger partial charge in [0.25, 0.3) is 0 Å². The number of likely N-dealkylation sites (tertiary alicyclic amines) is 1. The van der Waals surface area contributed by atoms with Crippen LogP contribution in [0, 0.1) is 0 Å². The van der Waals surface area contributed by atoms with Crippen molar-refractivity contribution in [3.63, 3.8) is 0 Å². The first-order valence-electron chi connectivity index (χ1n) is 6.45.